The Labute approximate surface area is 140 Å². The third kappa shape index (κ3) is 3.77. The number of ether oxygens (including phenoxy) is 1. The van der Waals surface area contributed by atoms with Crippen molar-refractivity contribution in [3.8, 4) is 5.75 Å². The van der Waals surface area contributed by atoms with Crippen molar-refractivity contribution < 1.29 is 4.74 Å². The van der Waals surface area contributed by atoms with Gasteiger partial charge >= 0.3 is 0 Å². The van der Waals surface area contributed by atoms with Crippen LogP contribution in [-0.4, -0.2) is 31.1 Å². The van der Waals surface area contributed by atoms with Gasteiger partial charge in [0.1, 0.15) is 11.9 Å². The number of hydrogen-bond acceptors (Lipinski definition) is 2. The van der Waals surface area contributed by atoms with Gasteiger partial charge in [0.25, 0.3) is 0 Å². The second kappa shape index (κ2) is 6.79. The first kappa shape index (κ1) is 14.9. The first-order valence-electron chi connectivity index (χ1n) is 7.38. The Kier molecular flexibility index (Phi) is 4.80. The summed E-state index contributed by atoms with van der Waals surface area (Å²) in [5.41, 5.74) is 1.37. The van der Waals surface area contributed by atoms with E-state index in [-0.39, 0.29) is 6.10 Å². The Hall–Kier alpha value is -1.07. The summed E-state index contributed by atoms with van der Waals surface area (Å²) >= 11 is 2.32. The molecule has 0 unspecified atom stereocenters. The largest absolute Gasteiger partial charge is 0.490 e. The van der Waals surface area contributed by atoms with Crippen LogP contribution >= 0.6 is 22.6 Å². The molecule has 21 heavy (non-hydrogen) atoms. The molecular weight excluding hydrogens is 373 g/mol. The van der Waals surface area contributed by atoms with Gasteiger partial charge in [-0.2, -0.15) is 0 Å². The summed E-state index contributed by atoms with van der Waals surface area (Å²) < 4.78 is 7.53. The van der Waals surface area contributed by atoms with Crippen LogP contribution in [0.4, 0.5) is 0 Å². The first-order valence-corrected chi connectivity index (χ1v) is 8.46. The molecule has 0 amide bonds. The molecule has 0 N–H and O–H groups in total. The average molecular weight is 393 g/mol. The highest BCUT2D eigenvalue weighted by molar-refractivity contribution is 14.1. The van der Waals surface area contributed by atoms with Crippen molar-refractivity contribution in [3.05, 3.63) is 63.7 Å². The van der Waals surface area contributed by atoms with E-state index in [0.29, 0.717) is 5.92 Å². The number of halogens is 1. The van der Waals surface area contributed by atoms with Crippen LogP contribution in [0.5, 0.6) is 5.75 Å². The molecule has 3 rings (SSSR count). The molecule has 0 saturated carbocycles. The molecule has 3 heteroatoms. The van der Waals surface area contributed by atoms with Gasteiger partial charge in [-0.15, -0.1) is 0 Å². The van der Waals surface area contributed by atoms with Gasteiger partial charge in [-0.05, 0) is 65.9 Å². The van der Waals surface area contributed by atoms with E-state index >= 15 is 0 Å². The van der Waals surface area contributed by atoms with E-state index in [2.05, 4.69) is 89.1 Å². The van der Waals surface area contributed by atoms with Crippen LogP contribution in [0.2, 0.25) is 0 Å². The highest BCUT2D eigenvalue weighted by Gasteiger charge is 2.30. The fourth-order valence-electron chi connectivity index (χ4n) is 2.94. The fraction of sp³-hybridized carbons (Fsp3) is 0.333. The standard InChI is InChI=1S/C18H20INO/c1-20-12-11-18(21-16-9-7-15(19)8-10-16)17(13-20)14-5-3-2-4-6-14/h2-10,17-18H,11-13H2,1H3/t17-,18-/m0/s1. The normalized spacial score (nSPS) is 23.0. The first-order chi connectivity index (χ1) is 10.2. The predicted molar refractivity (Wildman–Crippen MR) is 94.9 cm³/mol. The number of rotatable bonds is 3. The molecule has 1 heterocycles. The van der Waals surface area contributed by atoms with Gasteiger partial charge in [-0.3, -0.25) is 0 Å². The Morgan fingerprint density at radius 2 is 1.76 bits per heavy atom. The van der Waals surface area contributed by atoms with Gasteiger partial charge in [0.15, 0.2) is 0 Å². The summed E-state index contributed by atoms with van der Waals surface area (Å²) in [6.45, 7) is 2.15. The lowest BCUT2D eigenvalue weighted by Gasteiger charge is -2.37. The molecule has 0 aromatic heterocycles. The Bertz CT molecular complexity index is 570. The molecule has 0 bridgehead atoms. The summed E-state index contributed by atoms with van der Waals surface area (Å²) in [7, 11) is 2.19. The molecule has 2 aromatic carbocycles. The molecule has 2 aromatic rings. The smallest absolute Gasteiger partial charge is 0.119 e. The van der Waals surface area contributed by atoms with Crippen LogP contribution in [0.1, 0.15) is 17.9 Å². The summed E-state index contributed by atoms with van der Waals surface area (Å²) in [5.74, 6) is 1.41. The van der Waals surface area contributed by atoms with Crippen molar-refractivity contribution in [3.63, 3.8) is 0 Å². The summed E-state index contributed by atoms with van der Waals surface area (Å²) in [5, 5.41) is 0. The van der Waals surface area contributed by atoms with E-state index in [1.54, 1.807) is 0 Å². The van der Waals surface area contributed by atoms with E-state index < -0.39 is 0 Å². The number of likely N-dealkylation sites (N-methyl/N-ethyl adjacent to an activating group) is 1. The minimum absolute atomic E-state index is 0.253. The fourth-order valence-corrected chi connectivity index (χ4v) is 3.30. The van der Waals surface area contributed by atoms with Crippen LogP contribution in [0.3, 0.4) is 0 Å². The van der Waals surface area contributed by atoms with Crippen LogP contribution in [-0.2, 0) is 0 Å². The second-order valence-electron chi connectivity index (χ2n) is 5.68. The zero-order valence-corrected chi connectivity index (χ0v) is 14.4. The molecule has 0 spiro atoms. The molecule has 1 saturated heterocycles. The van der Waals surface area contributed by atoms with Crippen LogP contribution in [0, 0.1) is 3.57 Å². The van der Waals surface area contributed by atoms with Crippen molar-refractivity contribution >= 4 is 22.6 Å². The lowest BCUT2D eigenvalue weighted by atomic mass is 9.88. The van der Waals surface area contributed by atoms with Gasteiger partial charge in [-0.25, -0.2) is 0 Å². The Balaban J connectivity index is 1.79. The minimum Gasteiger partial charge on any atom is -0.490 e. The van der Waals surface area contributed by atoms with Crippen molar-refractivity contribution in [2.24, 2.45) is 0 Å². The topological polar surface area (TPSA) is 12.5 Å². The third-order valence-electron chi connectivity index (χ3n) is 4.08. The van der Waals surface area contributed by atoms with E-state index in [0.717, 1.165) is 25.3 Å². The average Bonchev–Trinajstić information content (AvgIpc) is 2.52. The summed E-state index contributed by atoms with van der Waals surface area (Å²) in [6, 6.07) is 19.1. The van der Waals surface area contributed by atoms with Gasteiger partial charge < -0.3 is 9.64 Å². The molecule has 0 aliphatic carbocycles. The monoisotopic (exact) mass is 393 g/mol. The quantitative estimate of drug-likeness (QED) is 0.727. The van der Waals surface area contributed by atoms with Crippen LogP contribution in [0.25, 0.3) is 0 Å². The molecule has 1 fully saturated rings. The maximum absolute atomic E-state index is 6.30. The van der Waals surface area contributed by atoms with E-state index in [1.165, 1.54) is 9.13 Å². The number of nitrogens with zero attached hydrogens (tertiary/aromatic N) is 1. The maximum atomic E-state index is 6.30. The number of benzene rings is 2. The molecular formula is C18H20INO. The predicted octanol–water partition coefficient (Wildman–Crippen LogP) is 4.16. The SMILES string of the molecule is CN1CC[C@H](Oc2ccc(I)cc2)[C@H](c2ccccc2)C1. The summed E-state index contributed by atoms with van der Waals surface area (Å²) in [4.78, 5) is 2.39. The highest BCUT2D eigenvalue weighted by Crippen LogP contribution is 2.30. The molecule has 2 nitrogen and oxygen atoms in total. The lowest BCUT2D eigenvalue weighted by molar-refractivity contribution is 0.0902. The molecule has 2 atom stereocenters. The van der Waals surface area contributed by atoms with Crippen molar-refractivity contribution in [2.75, 3.05) is 20.1 Å². The maximum Gasteiger partial charge on any atom is 0.119 e. The van der Waals surface area contributed by atoms with Gasteiger partial charge in [0.2, 0.25) is 0 Å². The Morgan fingerprint density at radius 3 is 2.48 bits per heavy atom. The van der Waals surface area contributed by atoms with E-state index in [9.17, 15) is 0 Å². The number of piperidine rings is 1. The minimum atomic E-state index is 0.253. The van der Waals surface area contributed by atoms with E-state index in [4.69, 9.17) is 4.74 Å². The molecule has 1 aliphatic rings. The number of hydrogen-bond donors (Lipinski definition) is 0. The van der Waals surface area contributed by atoms with Crippen molar-refractivity contribution in [1.29, 1.82) is 0 Å². The lowest BCUT2D eigenvalue weighted by Crippen LogP contribution is -2.42. The van der Waals surface area contributed by atoms with Crippen molar-refractivity contribution in [2.45, 2.75) is 18.4 Å². The van der Waals surface area contributed by atoms with Crippen LogP contribution in [0.15, 0.2) is 54.6 Å². The van der Waals surface area contributed by atoms with Crippen molar-refractivity contribution in [1.82, 2.24) is 4.90 Å². The summed E-state index contributed by atoms with van der Waals surface area (Å²) in [6.07, 6.45) is 1.32. The van der Waals surface area contributed by atoms with Gasteiger partial charge in [0, 0.05) is 22.6 Å². The molecule has 0 radical (unpaired) electrons. The van der Waals surface area contributed by atoms with Gasteiger partial charge in [0.05, 0.1) is 0 Å². The molecule has 1 aliphatic heterocycles. The number of likely N-dealkylation sites (tertiary alicyclic amines) is 1. The van der Waals surface area contributed by atoms with E-state index in [1.807, 2.05) is 0 Å². The third-order valence-corrected chi connectivity index (χ3v) is 4.80. The second-order valence-corrected chi connectivity index (χ2v) is 6.92. The highest BCUT2D eigenvalue weighted by atomic mass is 127. The van der Waals surface area contributed by atoms with Crippen LogP contribution < -0.4 is 4.74 Å². The zero-order chi connectivity index (χ0) is 14.7. The zero-order valence-electron chi connectivity index (χ0n) is 12.2. The molecule has 110 valence electrons. The Morgan fingerprint density at radius 1 is 1.05 bits per heavy atom. The van der Waals surface area contributed by atoms with Gasteiger partial charge in [-0.1, -0.05) is 30.3 Å².